The van der Waals surface area contributed by atoms with Gasteiger partial charge >= 0.3 is 0 Å². The topological polar surface area (TPSA) is 83.1 Å². The van der Waals surface area contributed by atoms with E-state index in [1.165, 1.54) is 6.42 Å². The molecule has 0 bridgehead atoms. The minimum Gasteiger partial charge on any atom is -0.492 e. The predicted molar refractivity (Wildman–Crippen MR) is 144 cm³/mol. The van der Waals surface area contributed by atoms with Crippen molar-refractivity contribution in [2.24, 2.45) is 5.92 Å². The number of hydrogen-bond acceptors (Lipinski definition) is 6. The van der Waals surface area contributed by atoms with E-state index in [4.69, 9.17) is 4.74 Å². The highest BCUT2D eigenvalue weighted by atomic mass is 32.2. The van der Waals surface area contributed by atoms with Gasteiger partial charge in [0.25, 0.3) is 5.91 Å². The second kappa shape index (κ2) is 11.0. The Labute approximate surface area is 215 Å². The number of rotatable bonds is 8. The molecule has 2 aromatic carbocycles. The molecule has 36 heavy (non-hydrogen) atoms. The lowest BCUT2D eigenvalue weighted by molar-refractivity contribution is 0.0960. The number of likely N-dealkylation sites (tertiary alicyclic amines) is 1. The van der Waals surface area contributed by atoms with Crippen molar-refractivity contribution in [1.82, 2.24) is 25.4 Å². The van der Waals surface area contributed by atoms with Gasteiger partial charge in [0, 0.05) is 34.7 Å². The first kappa shape index (κ1) is 24.1. The Balaban J connectivity index is 1.24. The number of amides is 1. The number of ether oxygens (including phenoxy) is 1. The third-order valence-electron chi connectivity index (χ3n) is 6.30. The van der Waals surface area contributed by atoms with E-state index < -0.39 is 0 Å². The number of nitrogens with one attached hydrogen (secondary N) is 2. The first-order chi connectivity index (χ1) is 17.6. The molecule has 0 saturated carbocycles. The number of aromatic nitrogens is 3. The number of carbonyl (C=O) groups excluding carboxylic acids is 1. The summed E-state index contributed by atoms with van der Waals surface area (Å²) in [7, 11) is 3.79. The van der Waals surface area contributed by atoms with Gasteiger partial charge in [0.1, 0.15) is 5.75 Å². The molecule has 0 radical (unpaired) electrons. The zero-order valence-electron chi connectivity index (χ0n) is 20.4. The molecule has 2 N–H and O–H groups in total. The van der Waals surface area contributed by atoms with Crippen LogP contribution in [0.1, 0.15) is 28.2 Å². The number of hydrogen-bond donors (Lipinski definition) is 2. The van der Waals surface area contributed by atoms with Crippen LogP contribution in [0.4, 0.5) is 0 Å². The summed E-state index contributed by atoms with van der Waals surface area (Å²) < 4.78 is 5.93. The largest absolute Gasteiger partial charge is 0.492 e. The zero-order chi connectivity index (χ0) is 24.9. The predicted octanol–water partition coefficient (Wildman–Crippen LogP) is 4.97. The van der Waals surface area contributed by atoms with Gasteiger partial charge in [0.05, 0.1) is 35.3 Å². The molecule has 1 atom stereocenters. The van der Waals surface area contributed by atoms with Crippen LogP contribution in [0.15, 0.2) is 70.6 Å². The van der Waals surface area contributed by atoms with Crippen molar-refractivity contribution in [3.8, 4) is 5.75 Å². The monoisotopic (exact) mass is 499 g/mol. The molecule has 5 rings (SSSR count). The van der Waals surface area contributed by atoms with Gasteiger partial charge in [-0.15, -0.1) is 0 Å². The maximum Gasteiger partial charge on any atom is 0.252 e. The van der Waals surface area contributed by atoms with Gasteiger partial charge in [0.15, 0.2) is 0 Å². The van der Waals surface area contributed by atoms with Crippen molar-refractivity contribution in [3.63, 3.8) is 0 Å². The molecule has 7 nitrogen and oxygen atoms in total. The number of benzene rings is 2. The fraction of sp³-hybridized carbons (Fsp3) is 0.250. The Morgan fingerprint density at radius 1 is 1.22 bits per heavy atom. The van der Waals surface area contributed by atoms with E-state index in [2.05, 4.69) is 38.5 Å². The van der Waals surface area contributed by atoms with E-state index in [1.54, 1.807) is 25.0 Å². The van der Waals surface area contributed by atoms with E-state index in [1.807, 2.05) is 60.7 Å². The molecule has 0 aliphatic carbocycles. The molecule has 1 aliphatic heterocycles. The molecule has 3 heterocycles. The Bertz CT molecular complexity index is 1380. The van der Waals surface area contributed by atoms with Crippen molar-refractivity contribution < 1.29 is 9.53 Å². The van der Waals surface area contributed by atoms with Crippen molar-refractivity contribution in [2.75, 3.05) is 33.8 Å². The summed E-state index contributed by atoms with van der Waals surface area (Å²) in [6.07, 6.45) is 6.88. The minimum absolute atomic E-state index is 0.0945. The Morgan fingerprint density at radius 3 is 2.89 bits per heavy atom. The standard InChI is InChI=1S/C28H29N5O2S/c1-29-28(34)24-5-3-4-6-27(24)36-22-10-11-23-25(31-32-26(23)15-22)12-8-20-7-9-21(16-30-20)35-18-19-13-14-33(2)17-19/h3-12,15-16,19H,13-14,17-18H2,1-2H3,(H,29,34)(H,31,32)/b12-8+. The smallest absolute Gasteiger partial charge is 0.252 e. The van der Waals surface area contributed by atoms with Crippen LogP contribution in [0.2, 0.25) is 0 Å². The highest BCUT2D eigenvalue weighted by molar-refractivity contribution is 7.99. The Kier molecular flexibility index (Phi) is 7.34. The third-order valence-corrected chi connectivity index (χ3v) is 7.36. The fourth-order valence-electron chi connectivity index (χ4n) is 4.33. The minimum atomic E-state index is -0.0945. The van der Waals surface area contributed by atoms with Gasteiger partial charge in [-0.3, -0.25) is 14.9 Å². The molecule has 1 amide bonds. The molecule has 1 saturated heterocycles. The summed E-state index contributed by atoms with van der Waals surface area (Å²) >= 11 is 1.55. The number of H-pyrrole nitrogens is 1. The molecule has 1 fully saturated rings. The lowest BCUT2D eigenvalue weighted by atomic mass is 10.1. The van der Waals surface area contributed by atoms with E-state index in [0.717, 1.165) is 57.5 Å². The Hall–Kier alpha value is -3.62. The number of aromatic amines is 1. The molecular formula is C28H29N5O2S. The van der Waals surface area contributed by atoms with Crippen LogP contribution in [0.25, 0.3) is 23.1 Å². The van der Waals surface area contributed by atoms with Crippen LogP contribution < -0.4 is 10.1 Å². The first-order valence-electron chi connectivity index (χ1n) is 12.0. The van der Waals surface area contributed by atoms with Gasteiger partial charge in [-0.2, -0.15) is 5.10 Å². The van der Waals surface area contributed by atoms with Gasteiger partial charge in [-0.1, -0.05) is 23.9 Å². The van der Waals surface area contributed by atoms with Crippen molar-refractivity contribution in [3.05, 3.63) is 77.7 Å². The first-order valence-corrected chi connectivity index (χ1v) is 12.8. The lowest BCUT2D eigenvalue weighted by Crippen LogP contribution is -2.18. The van der Waals surface area contributed by atoms with E-state index >= 15 is 0 Å². The van der Waals surface area contributed by atoms with Crippen LogP contribution in [-0.4, -0.2) is 59.8 Å². The summed E-state index contributed by atoms with van der Waals surface area (Å²) in [5.74, 6) is 1.30. The van der Waals surface area contributed by atoms with Gasteiger partial charge < -0.3 is 15.0 Å². The summed E-state index contributed by atoms with van der Waals surface area (Å²) in [6.45, 7) is 2.97. The average molecular weight is 500 g/mol. The van der Waals surface area contributed by atoms with Crippen LogP contribution >= 0.6 is 11.8 Å². The number of carbonyl (C=O) groups is 1. The van der Waals surface area contributed by atoms with Gasteiger partial charge in [0.2, 0.25) is 0 Å². The number of fused-ring (bicyclic) bond motifs is 1. The summed E-state index contributed by atoms with van der Waals surface area (Å²) in [5.41, 5.74) is 3.29. The molecule has 8 heteroatoms. The van der Waals surface area contributed by atoms with Crippen molar-refractivity contribution in [1.29, 1.82) is 0 Å². The molecule has 1 aliphatic rings. The van der Waals surface area contributed by atoms with Crippen LogP contribution in [0, 0.1) is 5.92 Å². The zero-order valence-corrected chi connectivity index (χ0v) is 21.2. The van der Waals surface area contributed by atoms with Gasteiger partial charge in [-0.25, -0.2) is 0 Å². The van der Waals surface area contributed by atoms with Crippen LogP contribution in [0.3, 0.4) is 0 Å². The summed E-state index contributed by atoms with van der Waals surface area (Å²) in [5, 5.41) is 11.3. The molecule has 0 spiro atoms. The third kappa shape index (κ3) is 5.61. The van der Waals surface area contributed by atoms with E-state index in [9.17, 15) is 4.79 Å². The summed E-state index contributed by atoms with van der Waals surface area (Å²) in [4.78, 5) is 21.0. The fourth-order valence-corrected chi connectivity index (χ4v) is 5.32. The normalized spacial score (nSPS) is 16.1. The molecular weight excluding hydrogens is 470 g/mol. The highest BCUT2D eigenvalue weighted by Gasteiger charge is 2.19. The summed E-state index contributed by atoms with van der Waals surface area (Å²) in [6, 6.07) is 17.7. The van der Waals surface area contributed by atoms with E-state index in [-0.39, 0.29) is 5.91 Å². The maximum absolute atomic E-state index is 12.2. The number of pyridine rings is 1. The molecule has 2 aromatic heterocycles. The van der Waals surface area contributed by atoms with Crippen LogP contribution in [0.5, 0.6) is 5.75 Å². The number of nitrogens with zero attached hydrogens (tertiary/aromatic N) is 3. The molecule has 4 aromatic rings. The molecule has 1 unspecified atom stereocenters. The van der Waals surface area contributed by atoms with Crippen molar-refractivity contribution >= 4 is 40.7 Å². The second-order valence-electron chi connectivity index (χ2n) is 8.97. The van der Waals surface area contributed by atoms with Crippen molar-refractivity contribution in [2.45, 2.75) is 16.2 Å². The second-order valence-corrected chi connectivity index (χ2v) is 10.1. The average Bonchev–Trinajstić information content (AvgIpc) is 3.52. The van der Waals surface area contributed by atoms with Crippen LogP contribution in [-0.2, 0) is 0 Å². The quantitative estimate of drug-likeness (QED) is 0.356. The van der Waals surface area contributed by atoms with Gasteiger partial charge in [-0.05, 0) is 74.6 Å². The molecule has 184 valence electrons. The SMILES string of the molecule is CNC(=O)c1ccccc1Sc1ccc2c(/C=C/c3ccc(OCC4CCN(C)C4)cn3)n[nH]c2c1. The lowest BCUT2D eigenvalue weighted by Gasteiger charge is -2.11. The van der Waals surface area contributed by atoms with E-state index in [0.29, 0.717) is 11.5 Å². The highest BCUT2D eigenvalue weighted by Crippen LogP contribution is 2.33. The Morgan fingerprint density at radius 2 is 2.11 bits per heavy atom. The maximum atomic E-state index is 12.2.